The third kappa shape index (κ3) is 3.50. The van der Waals surface area contributed by atoms with Gasteiger partial charge in [-0.3, -0.25) is 4.79 Å². The second-order valence-electron chi connectivity index (χ2n) is 4.38. The molecule has 0 aromatic heterocycles. The summed E-state index contributed by atoms with van der Waals surface area (Å²) in [6.45, 7) is 0. The Hall–Kier alpha value is -1.58. The lowest BCUT2D eigenvalue weighted by Gasteiger charge is -2.14. The van der Waals surface area contributed by atoms with Crippen LogP contribution in [0, 0.1) is 5.82 Å². The first-order valence-electron chi connectivity index (χ1n) is 5.89. The Bertz CT molecular complexity index is 626. The minimum atomic E-state index is -0.993. The highest BCUT2D eigenvalue weighted by molar-refractivity contribution is 6.33. The average molecular weight is 313 g/mol. The van der Waals surface area contributed by atoms with E-state index >= 15 is 0 Å². The summed E-state index contributed by atoms with van der Waals surface area (Å²) in [6.07, 6.45) is 0.195. The number of aliphatic carboxylic acids is 1. The van der Waals surface area contributed by atoms with Gasteiger partial charge < -0.3 is 5.11 Å². The molecule has 0 aliphatic heterocycles. The van der Waals surface area contributed by atoms with Gasteiger partial charge in [0.15, 0.2) is 0 Å². The Labute approximate surface area is 125 Å². The maximum atomic E-state index is 12.9. The number of hydrogen-bond acceptors (Lipinski definition) is 1. The summed E-state index contributed by atoms with van der Waals surface area (Å²) in [5.74, 6) is -2.20. The molecular weight excluding hydrogens is 302 g/mol. The van der Waals surface area contributed by atoms with Gasteiger partial charge >= 0.3 is 5.97 Å². The van der Waals surface area contributed by atoms with Crippen LogP contribution in [0.1, 0.15) is 17.0 Å². The zero-order valence-corrected chi connectivity index (χ0v) is 11.8. The summed E-state index contributed by atoms with van der Waals surface area (Å²) in [6, 6.07) is 10.3. The van der Waals surface area contributed by atoms with E-state index in [-0.39, 0.29) is 6.42 Å². The van der Waals surface area contributed by atoms with E-state index in [0.717, 1.165) is 0 Å². The molecule has 0 bridgehead atoms. The van der Waals surface area contributed by atoms with Crippen LogP contribution < -0.4 is 0 Å². The summed E-state index contributed by atoms with van der Waals surface area (Å²) >= 11 is 11.9. The average Bonchev–Trinajstić information content (AvgIpc) is 2.40. The maximum absolute atomic E-state index is 12.9. The van der Waals surface area contributed by atoms with E-state index in [1.165, 1.54) is 24.3 Å². The SMILES string of the molecule is O=C(O)C(Cc1cc(Cl)ccc1Cl)c1ccc(F)cc1. The van der Waals surface area contributed by atoms with Gasteiger partial charge in [-0.25, -0.2) is 4.39 Å². The van der Waals surface area contributed by atoms with Crippen molar-refractivity contribution in [1.29, 1.82) is 0 Å². The fourth-order valence-corrected chi connectivity index (χ4v) is 2.35. The van der Waals surface area contributed by atoms with Crippen LogP contribution in [0.4, 0.5) is 4.39 Å². The Morgan fingerprint density at radius 3 is 2.40 bits per heavy atom. The van der Waals surface area contributed by atoms with Gasteiger partial charge in [-0.15, -0.1) is 0 Å². The molecular formula is C15H11Cl2FO2. The third-order valence-corrected chi connectivity index (χ3v) is 3.61. The minimum Gasteiger partial charge on any atom is -0.481 e. The molecule has 0 saturated heterocycles. The van der Waals surface area contributed by atoms with Crippen LogP contribution in [-0.2, 0) is 11.2 Å². The third-order valence-electron chi connectivity index (χ3n) is 3.00. The molecule has 0 fully saturated rings. The summed E-state index contributed by atoms with van der Waals surface area (Å²) in [7, 11) is 0. The molecule has 0 saturated carbocycles. The monoisotopic (exact) mass is 312 g/mol. The number of carboxylic acids is 1. The molecule has 0 amide bonds. The fourth-order valence-electron chi connectivity index (χ4n) is 1.96. The van der Waals surface area contributed by atoms with Crippen molar-refractivity contribution < 1.29 is 14.3 Å². The number of carbonyl (C=O) groups is 1. The summed E-state index contributed by atoms with van der Waals surface area (Å²) in [5, 5.41) is 10.3. The van der Waals surface area contributed by atoms with Crippen LogP contribution in [0.25, 0.3) is 0 Å². The van der Waals surface area contributed by atoms with E-state index < -0.39 is 17.7 Å². The van der Waals surface area contributed by atoms with E-state index in [4.69, 9.17) is 23.2 Å². The Morgan fingerprint density at radius 1 is 1.15 bits per heavy atom. The molecule has 0 spiro atoms. The lowest BCUT2D eigenvalue weighted by Crippen LogP contribution is -2.14. The van der Waals surface area contributed by atoms with Gasteiger partial charge in [-0.2, -0.15) is 0 Å². The molecule has 0 radical (unpaired) electrons. The molecule has 2 nitrogen and oxygen atoms in total. The van der Waals surface area contributed by atoms with E-state index in [2.05, 4.69) is 0 Å². The predicted molar refractivity (Wildman–Crippen MR) is 76.9 cm³/mol. The lowest BCUT2D eigenvalue weighted by molar-refractivity contribution is -0.138. The number of benzene rings is 2. The van der Waals surface area contributed by atoms with E-state index in [1.807, 2.05) is 0 Å². The normalized spacial score (nSPS) is 12.2. The van der Waals surface area contributed by atoms with Gasteiger partial charge in [0.1, 0.15) is 5.82 Å². The van der Waals surface area contributed by atoms with Crippen LogP contribution in [0.3, 0.4) is 0 Å². The van der Waals surface area contributed by atoms with Crippen molar-refractivity contribution >= 4 is 29.2 Å². The highest BCUT2D eigenvalue weighted by atomic mass is 35.5. The molecule has 2 rings (SSSR count). The number of carboxylic acid groups (broad SMARTS) is 1. The van der Waals surface area contributed by atoms with Crippen LogP contribution in [0.5, 0.6) is 0 Å². The van der Waals surface area contributed by atoms with Gasteiger partial charge in [-0.1, -0.05) is 35.3 Å². The van der Waals surface area contributed by atoms with E-state index in [0.29, 0.717) is 21.2 Å². The van der Waals surface area contributed by atoms with Gasteiger partial charge in [0.25, 0.3) is 0 Å². The quantitative estimate of drug-likeness (QED) is 0.899. The van der Waals surface area contributed by atoms with Crippen LogP contribution in [0.15, 0.2) is 42.5 Å². The molecule has 2 aromatic carbocycles. The largest absolute Gasteiger partial charge is 0.481 e. The summed E-state index contributed by atoms with van der Waals surface area (Å²) < 4.78 is 12.9. The maximum Gasteiger partial charge on any atom is 0.311 e. The van der Waals surface area contributed by atoms with Crippen molar-refractivity contribution in [1.82, 2.24) is 0 Å². The molecule has 0 heterocycles. The van der Waals surface area contributed by atoms with Crippen molar-refractivity contribution in [3.63, 3.8) is 0 Å². The second-order valence-corrected chi connectivity index (χ2v) is 5.23. The molecule has 0 aliphatic carbocycles. The number of rotatable bonds is 4. The Morgan fingerprint density at radius 2 is 1.80 bits per heavy atom. The standard InChI is InChI=1S/C15H11Cl2FO2/c16-11-3-6-14(17)10(7-11)8-13(15(19)20)9-1-4-12(18)5-2-9/h1-7,13H,8H2,(H,19,20). The number of hydrogen-bond donors (Lipinski definition) is 1. The van der Waals surface area contributed by atoms with Crippen molar-refractivity contribution in [2.45, 2.75) is 12.3 Å². The minimum absolute atomic E-state index is 0.195. The smallest absolute Gasteiger partial charge is 0.311 e. The first-order chi connectivity index (χ1) is 9.47. The lowest BCUT2D eigenvalue weighted by atomic mass is 9.92. The van der Waals surface area contributed by atoms with E-state index in [9.17, 15) is 14.3 Å². The van der Waals surface area contributed by atoms with Crippen molar-refractivity contribution in [3.05, 3.63) is 69.5 Å². The van der Waals surface area contributed by atoms with Gasteiger partial charge in [0, 0.05) is 10.0 Å². The highest BCUT2D eigenvalue weighted by Gasteiger charge is 2.21. The van der Waals surface area contributed by atoms with Gasteiger partial charge in [0.2, 0.25) is 0 Å². The fraction of sp³-hybridized carbons (Fsp3) is 0.133. The van der Waals surface area contributed by atoms with Crippen LogP contribution in [0.2, 0.25) is 10.0 Å². The Kier molecular flexibility index (Phi) is 4.63. The van der Waals surface area contributed by atoms with Crippen molar-refractivity contribution in [2.24, 2.45) is 0 Å². The molecule has 0 aliphatic rings. The first kappa shape index (κ1) is 14.8. The molecule has 1 unspecified atom stereocenters. The zero-order valence-electron chi connectivity index (χ0n) is 10.3. The Balaban J connectivity index is 2.32. The van der Waals surface area contributed by atoms with Crippen molar-refractivity contribution in [3.8, 4) is 0 Å². The molecule has 2 aromatic rings. The van der Waals surface area contributed by atoms with E-state index in [1.54, 1.807) is 18.2 Å². The second kappa shape index (κ2) is 6.25. The van der Waals surface area contributed by atoms with Crippen LogP contribution >= 0.6 is 23.2 Å². The summed E-state index contributed by atoms with van der Waals surface area (Å²) in [4.78, 5) is 11.4. The molecule has 1 N–H and O–H groups in total. The topological polar surface area (TPSA) is 37.3 Å². The molecule has 5 heteroatoms. The van der Waals surface area contributed by atoms with Gasteiger partial charge in [-0.05, 0) is 47.9 Å². The molecule has 104 valence electrons. The number of halogens is 3. The first-order valence-corrected chi connectivity index (χ1v) is 6.65. The highest BCUT2D eigenvalue weighted by Crippen LogP contribution is 2.28. The van der Waals surface area contributed by atoms with Crippen molar-refractivity contribution in [2.75, 3.05) is 0 Å². The summed E-state index contributed by atoms with van der Waals surface area (Å²) in [5.41, 5.74) is 1.17. The predicted octanol–water partition coefficient (Wildman–Crippen LogP) is 4.54. The zero-order chi connectivity index (χ0) is 14.7. The molecule has 20 heavy (non-hydrogen) atoms. The van der Waals surface area contributed by atoms with Crippen LogP contribution in [-0.4, -0.2) is 11.1 Å². The molecule has 1 atom stereocenters. The van der Waals surface area contributed by atoms with Gasteiger partial charge in [0.05, 0.1) is 5.92 Å².